The molecular weight excluding hydrogens is 232 g/mol. The molecule has 18 heavy (non-hydrogen) atoms. The number of carbonyl (C=O) groups excluding carboxylic acids is 1. The Hall–Kier alpha value is -2.30. The van der Waals surface area contributed by atoms with Crippen LogP contribution in [0.15, 0.2) is 36.7 Å². The van der Waals surface area contributed by atoms with Crippen LogP contribution in [-0.2, 0) is 16.1 Å². The number of benzene rings is 1. The van der Waals surface area contributed by atoms with Gasteiger partial charge in [-0.15, -0.1) is 0 Å². The Morgan fingerprint density at radius 3 is 2.83 bits per heavy atom. The maximum absolute atomic E-state index is 11.3. The summed E-state index contributed by atoms with van der Waals surface area (Å²) in [5.74, 6) is 1.08. The van der Waals surface area contributed by atoms with Gasteiger partial charge in [0.1, 0.15) is 18.1 Å². The Bertz CT molecular complexity index is 549. The van der Waals surface area contributed by atoms with Gasteiger partial charge < -0.3 is 14.0 Å². The van der Waals surface area contributed by atoms with Gasteiger partial charge in [0.15, 0.2) is 0 Å². The molecule has 0 aliphatic rings. The van der Waals surface area contributed by atoms with E-state index >= 15 is 0 Å². The monoisotopic (exact) mass is 246 g/mol. The number of hydrogen-bond acceptors (Lipinski definition) is 4. The fourth-order valence-corrected chi connectivity index (χ4v) is 1.71. The van der Waals surface area contributed by atoms with Crippen LogP contribution in [0.4, 0.5) is 0 Å². The second kappa shape index (κ2) is 5.35. The summed E-state index contributed by atoms with van der Waals surface area (Å²) >= 11 is 0. The van der Waals surface area contributed by atoms with Crippen molar-refractivity contribution in [3.63, 3.8) is 0 Å². The molecule has 2 rings (SSSR count). The number of methoxy groups -OCH3 is 2. The Balaban J connectivity index is 2.39. The van der Waals surface area contributed by atoms with Gasteiger partial charge in [0.2, 0.25) is 0 Å². The van der Waals surface area contributed by atoms with Crippen LogP contribution in [0.1, 0.15) is 0 Å². The van der Waals surface area contributed by atoms with E-state index in [1.54, 1.807) is 24.1 Å². The first-order valence-corrected chi connectivity index (χ1v) is 5.47. The topological polar surface area (TPSA) is 53.4 Å². The van der Waals surface area contributed by atoms with Gasteiger partial charge in [0, 0.05) is 12.4 Å². The SMILES string of the molecule is COC(=O)Cn1ccnc1-c1ccccc1OC. The van der Waals surface area contributed by atoms with Crippen molar-refractivity contribution in [2.45, 2.75) is 6.54 Å². The van der Waals surface area contributed by atoms with Crippen molar-refractivity contribution in [1.82, 2.24) is 9.55 Å². The van der Waals surface area contributed by atoms with E-state index in [2.05, 4.69) is 9.72 Å². The minimum Gasteiger partial charge on any atom is -0.496 e. The van der Waals surface area contributed by atoms with Gasteiger partial charge in [-0.2, -0.15) is 0 Å². The fourth-order valence-electron chi connectivity index (χ4n) is 1.71. The molecule has 0 amide bonds. The summed E-state index contributed by atoms with van der Waals surface area (Å²) in [7, 11) is 2.97. The molecular formula is C13H14N2O3. The summed E-state index contributed by atoms with van der Waals surface area (Å²) in [5.41, 5.74) is 0.842. The number of carbonyl (C=O) groups is 1. The molecule has 1 aromatic heterocycles. The average Bonchev–Trinajstić information content (AvgIpc) is 2.86. The fraction of sp³-hybridized carbons (Fsp3) is 0.231. The van der Waals surface area contributed by atoms with E-state index in [1.165, 1.54) is 7.11 Å². The molecule has 5 nitrogen and oxygen atoms in total. The molecule has 0 unspecified atom stereocenters. The molecule has 94 valence electrons. The third-order valence-corrected chi connectivity index (χ3v) is 2.59. The molecule has 0 saturated carbocycles. The minimum atomic E-state index is -0.316. The number of nitrogens with zero attached hydrogens (tertiary/aromatic N) is 2. The van der Waals surface area contributed by atoms with Crippen molar-refractivity contribution < 1.29 is 14.3 Å². The standard InChI is InChI=1S/C13H14N2O3/c1-17-11-6-4-3-5-10(11)13-14-7-8-15(13)9-12(16)18-2/h3-8H,9H2,1-2H3. The molecule has 5 heteroatoms. The second-order valence-electron chi connectivity index (χ2n) is 3.66. The third kappa shape index (κ3) is 2.34. The number of para-hydroxylation sites is 1. The molecule has 0 spiro atoms. The molecule has 0 radical (unpaired) electrons. The van der Waals surface area contributed by atoms with Crippen LogP contribution in [0.5, 0.6) is 5.75 Å². The Morgan fingerprint density at radius 1 is 1.33 bits per heavy atom. The highest BCUT2D eigenvalue weighted by Gasteiger charge is 2.13. The van der Waals surface area contributed by atoms with E-state index in [1.807, 2.05) is 24.3 Å². The first-order valence-electron chi connectivity index (χ1n) is 5.47. The van der Waals surface area contributed by atoms with E-state index in [0.29, 0.717) is 5.82 Å². The number of aromatic nitrogens is 2. The van der Waals surface area contributed by atoms with Gasteiger partial charge in [-0.05, 0) is 12.1 Å². The maximum atomic E-state index is 11.3. The van der Waals surface area contributed by atoms with Crippen LogP contribution in [0, 0.1) is 0 Å². The highest BCUT2D eigenvalue weighted by Crippen LogP contribution is 2.28. The van der Waals surface area contributed by atoms with Gasteiger partial charge in [-0.25, -0.2) is 4.98 Å². The number of rotatable bonds is 4. The number of ether oxygens (including phenoxy) is 2. The van der Waals surface area contributed by atoms with Crippen molar-refractivity contribution >= 4 is 5.97 Å². The van der Waals surface area contributed by atoms with Crippen molar-refractivity contribution in [2.24, 2.45) is 0 Å². The van der Waals surface area contributed by atoms with Crippen LogP contribution in [0.3, 0.4) is 0 Å². The van der Waals surface area contributed by atoms with Gasteiger partial charge in [0.05, 0.1) is 19.8 Å². The first-order chi connectivity index (χ1) is 8.76. The summed E-state index contributed by atoms with van der Waals surface area (Å²) in [4.78, 5) is 15.6. The molecule has 0 bridgehead atoms. The Morgan fingerprint density at radius 2 is 2.11 bits per heavy atom. The van der Waals surface area contributed by atoms with Crippen LogP contribution in [0.2, 0.25) is 0 Å². The zero-order valence-electron chi connectivity index (χ0n) is 10.3. The van der Waals surface area contributed by atoms with Crippen molar-refractivity contribution in [2.75, 3.05) is 14.2 Å². The lowest BCUT2D eigenvalue weighted by molar-refractivity contribution is -0.141. The summed E-state index contributed by atoms with van der Waals surface area (Å²) in [5, 5.41) is 0. The summed E-state index contributed by atoms with van der Waals surface area (Å²) in [6.07, 6.45) is 3.38. The summed E-state index contributed by atoms with van der Waals surface area (Å²) in [6.45, 7) is 0.129. The summed E-state index contributed by atoms with van der Waals surface area (Å²) < 4.78 is 11.7. The highest BCUT2D eigenvalue weighted by atomic mass is 16.5. The van der Waals surface area contributed by atoms with Crippen LogP contribution in [-0.4, -0.2) is 29.7 Å². The number of esters is 1. The average molecular weight is 246 g/mol. The Kier molecular flexibility index (Phi) is 3.62. The van der Waals surface area contributed by atoms with Crippen molar-refractivity contribution in [1.29, 1.82) is 0 Å². The molecule has 0 aliphatic heterocycles. The van der Waals surface area contributed by atoms with E-state index < -0.39 is 0 Å². The number of imidazole rings is 1. The molecule has 0 atom stereocenters. The maximum Gasteiger partial charge on any atom is 0.325 e. The lowest BCUT2D eigenvalue weighted by Crippen LogP contribution is -2.12. The van der Waals surface area contributed by atoms with E-state index in [-0.39, 0.29) is 12.5 Å². The van der Waals surface area contributed by atoms with Gasteiger partial charge in [0.25, 0.3) is 0 Å². The van der Waals surface area contributed by atoms with Crippen molar-refractivity contribution in [3.05, 3.63) is 36.7 Å². The number of hydrogen-bond donors (Lipinski definition) is 0. The van der Waals surface area contributed by atoms with E-state index in [9.17, 15) is 4.79 Å². The molecule has 2 aromatic rings. The molecule has 1 heterocycles. The normalized spacial score (nSPS) is 10.1. The largest absolute Gasteiger partial charge is 0.496 e. The van der Waals surface area contributed by atoms with E-state index in [4.69, 9.17) is 4.74 Å². The lowest BCUT2D eigenvalue weighted by Gasteiger charge is -2.10. The van der Waals surface area contributed by atoms with Crippen LogP contribution >= 0.6 is 0 Å². The van der Waals surface area contributed by atoms with Crippen LogP contribution < -0.4 is 4.74 Å². The van der Waals surface area contributed by atoms with E-state index in [0.717, 1.165) is 11.3 Å². The molecule has 0 N–H and O–H groups in total. The zero-order valence-corrected chi connectivity index (χ0v) is 10.3. The predicted molar refractivity (Wildman–Crippen MR) is 66.2 cm³/mol. The smallest absolute Gasteiger partial charge is 0.325 e. The summed E-state index contributed by atoms with van der Waals surface area (Å²) in [6, 6.07) is 7.53. The molecule has 0 fully saturated rings. The predicted octanol–water partition coefficient (Wildman–Crippen LogP) is 1.73. The highest BCUT2D eigenvalue weighted by molar-refractivity contribution is 5.71. The third-order valence-electron chi connectivity index (χ3n) is 2.59. The van der Waals surface area contributed by atoms with Crippen molar-refractivity contribution in [3.8, 4) is 17.1 Å². The molecule has 0 saturated heterocycles. The second-order valence-corrected chi connectivity index (χ2v) is 3.66. The quantitative estimate of drug-likeness (QED) is 0.771. The molecule has 0 aliphatic carbocycles. The van der Waals surface area contributed by atoms with Gasteiger partial charge in [-0.1, -0.05) is 12.1 Å². The molecule has 1 aromatic carbocycles. The lowest BCUT2D eigenvalue weighted by atomic mass is 10.2. The minimum absolute atomic E-state index is 0.129. The zero-order chi connectivity index (χ0) is 13.0. The first kappa shape index (κ1) is 12.2. The van der Waals surface area contributed by atoms with Gasteiger partial charge in [-0.3, -0.25) is 4.79 Å². The van der Waals surface area contributed by atoms with Gasteiger partial charge >= 0.3 is 5.97 Å². The van der Waals surface area contributed by atoms with Crippen LogP contribution in [0.25, 0.3) is 11.4 Å². The Labute approximate surface area is 105 Å².